The number of rotatable bonds is 3. The predicted molar refractivity (Wildman–Crippen MR) is 72.2 cm³/mol. The molecule has 2 unspecified atom stereocenters. The standard InChI is InChI=1S/C15H28N2/c1-13(11-14-6-7-14)17-10-4-9-16-8-3-2-5-15(16)12-17/h13-15H,2-12H2,1H3. The lowest BCUT2D eigenvalue weighted by Gasteiger charge is -2.37. The van der Waals surface area contributed by atoms with E-state index in [9.17, 15) is 0 Å². The second kappa shape index (κ2) is 5.27. The number of hydrogen-bond acceptors (Lipinski definition) is 2. The van der Waals surface area contributed by atoms with E-state index >= 15 is 0 Å². The van der Waals surface area contributed by atoms with Crippen molar-refractivity contribution < 1.29 is 0 Å². The quantitative estimate of drug-likeness (QED) is 0.743. The molecule has 3 fully saturated rings. The highest BCUT2D eigenvalue weighted by atomic mass is 15.3. The van der Waals surface area contributed by atoms with Crippen molar-refractivity contribution in [3.8, 4) is 0 Å². The molecule has 3 aliphatic rings. The Bertz CT molecular complexity index is 249. The van der Waals surface area contributed by atoms with Gasteiger partial charge in [-0.25, -0.2) is 0 Å². The minimum Gasteiger partial charge on any atom is -0.299 e. The van der Waals surface area contributed by atoms with Crippen LogP contribution in [0, 0.1) is 5.92 Å². The lowest BCUT2D eigenvalue weighted by molar-refractivity contribution is 0.119. The molecule has 98 valence electrons. The Hall–Kier alpha value is -0.0800. The third-order valence-electron chi connectivity index (χ3n) is 5.08. The van der Waals surface area contributed by atoms with Gasteiger partial charge in [0, 0.05) is 18.6 Å². The third kappa shape index (κ3) is 3.03. The van der Waals surface area contributed by atoms with Gasteiger partial charge < -0.3 is 0 Å². The van der Waals surface area contributed by atoms with Gasteiger partial charge in [0.05, 0.1) is 0 Å². The van der Waals surface area contributed by atoms with Crippen LogP contribution >= 0.6 is 0 Å². The van der Waals surface area contributed by atoms with Gasteiger partial charge in [0.2, 0.25) is 0 Å². The van der Waals surface area contributed by atoms with Crippen LogP contribution < -0.4 is 0 Å². The highest BCUT2D eigenvalue weighted by Crippen LogP contribution is 2.35. The van der Waals surface area contributed by atoms with Crippen molar-refractivity contribution in [1.29, 1.82) is 0 Å². The average Bonchev–Trinajstić information content (AvgIpc) is 3.13. The van der Waals surface area contributed by atoms with E-state index in [1.165, 1.54) is 71.1 Å². The summed E-state index contributed by atoms with van der Waals surface area (Å²) >= 11 is 0. The van der Waals surface area contributed by atoms with Crippen molar-refractivity contribution in [3.05, 3.63) is 0 Å². The Morgan fingerprint density at radius 1 is 1.00 bits per heavy atom. The fourth-order valence-corrected chi connectivity index (χ4v) is 3.79. The summed E-state index contributed by atoms with van der Waals surface area (Å²) in [5, 5.41) is 0. The van der Waals surface area contributed by atoms with Crippen LogP contribution in [0.15, 0.2) is 0 Å². The summed E-state index contributed by atoms with van der Waals surface area (Å²) in [7, 11) is 0. The first-order valence-electron chi connectivity index (χ1n) is 7.81. The Balaban J connectivity index is 1.57. The van der Waals surface area contributed by atoms with Crippen molar-refractivity contribution in [2.45, 2.75) is 64.0 Å². The molecule has 0 spiro atoms. The van der Waals surface area contributed by atoms with Crippen LogP contribution in [0.2, 0.25) is 0 Å². The van der Waals surface area contributed by atoms with Crippen LogP contribution in [-0.2, 0) is 0 Å². The molecule has 0 amide bonds. The molecule has 1 saturated carbocycles. The number of nitrogens with zero attached hydrogens (tertiary/aromatic N) is 2. The summed E-state index contributed by atoms with van der Waals surface area (Å²) in [5.74, 6) is 1.08. The SMILES string of the molecule is CC(CC1CC1)N1CCCN2CCCCC2C1. The Morgan fingerprint density at radius 3 is 2.65 bits per heavy atom. The molecule has 0 radical (unpaired) electrons. The predicted octanol–water partition coefficient (Wildman–Crippen LogP) is 2.74. The fourth-order valence-electron chi connectivity index (χ4n) is 3.79. The van der Waals surface area contributed by atoms with E-state index in [1.54, 1.807) is 0 Å². The van der Waals surface area contributed by atoms with Gasteiger partial charge in [0.1, 0.15) is 0 Å². The lowest BCUT2D eigenvalue weighted by Crippen LogP contribution is -2.45. The van der Waals surface area contributed by atoms with Crippen LogP contribution in [0.4, 0.5) is 0 Å². The van der Waals surface area contributed by atoms with Crippen LogP contribution in [0.3, 0.4) is 0 Å². The monoisotopic (exact) mass is 236 g/mol. The van der Waals surface area contributed by atoms with Gasteiger partial charge >= 0.3 is 0 Å². The van der Waals surface area contributed by atoms with Gasteiger partial charge in [0.25, 0.3) is 0 Å². The first-order chi connectivity index (χ1) is 8.33. The summed E-state index contributed by atoms with van der Waals surface area (Å²) in [6, 6.07) is 1.72. The van der Waals surface area contributed by atoms with Crippen molar-refractivity contribution >= 4 is 0 Å². The summed E-state index contributed by atoms with van der Waals surface area (Å²) in [6.07, 6.45) is 10.2. The van der Waals surface area contributed by atoms with Gasteiger partial charge in [-0.05, 0) is 58.2 Å². The lowest BCUT2D eigenvalue weighted by atomic mass is 10.0. The summed E-state index contributed by atoms with van der Waals surface area (Å²) in [4.78, 5) is 5.57. The normalized spacial score (nSPS) is 34.1. The molecule has 2 saturated heterocycles. The van der Waals surface area contributed by atoms with E-state index < -0.39 is 0 Å². The maximum absolute atomic E-state index is 2.80. The molecule has 2 aliphatic heterocycles. The van der Waals surface area contributed by atoms with E-state index in [-0.39, 0.29) is 0 Å². The van der Waals surface area contributed by atoms with E-state index in [0.29, 0.717) is 0 Å². The van der Waals surface area contributed by atoms with Crippen LogP contribution in [0.1, 0.15) is 51.9 Å². The van der Waals surface area contributed by atoms with Crippen LogP contribution in [0.5, 0.6) is 0 Å². The maximum Gasteiger partial charge on any atom is 0.0223 e. The minimum atomic E-state index is 0.837. The molecule has 2 heteroatoms. The number of piperidine rings is 1. The molecule has 17 heavy (non-hydrogen) atoms. The summed E-state index contributed by atoms with van der Waals surface area (Å²) < 4.78 is 0. The minimum absolute atomic E-state index is 0.837. The van der Waals surface area contributed by atoms with E-state index in [2.05, 4.69) is 16.7 Å². The smallest absolute Gasteiger partial charge is 0.0223 e. The zero-order chi connectivity index (χ0) is 11.7. The van der Waals surface area contributed by atoms with Crippen LogP contribution in [0.25, 0.3) is 0 Å². The second-order valence-electron chi connectivity index (χ2n) is 6.56. The van der Waals surface area contributed by atoms with Crippen LogP contribution in [-0.4, -0.2) is 48.1 Å². The van der Waals surface area contributed by atoms with Gasteiger partial charge in [-0.15, -0.1) is 0 Å². The Labute approximate surface area is 106 Å². The van der Waals surface area contributed by atoms with Gasteiger partial charge in [-0.1, -0.05) is 19.3 Å². The zero-order valence-electron chi connectivity index (χ0n) is 11.4. The molecule has 2 nitrogen and oxygen atoms in total. The molecule has 0 aromatic carbocycles. The summed E-state index contributed by atoms with van der Waals surface area (Å²) in [6.45, 7) is 7.90. The summed E-state index contributed by atoms with van der Waals surface area (Å²) in [5.41, 5.74) is 0. The van der Waals surface area contributed by atoms with Crippen molar-refractivity contribution in [2.75, 3.05) is 26.2 Å². The first kappa shape index (κ1) is 12.0. The van der Waals surface area contributed by atoms with E-state index in [1.807, 2.05) is 0 Å². The van der Waals surface area contributed by atoms with E-state index in [0.717, 1.165) is 18.0 Å². The molecule has 0 aromatic heterocycles. The van der Waals surface area contributed by atoms with Crippen molar-refractivity contribution in [3.63, 3.8) is 0 Å². The Morgan fingerprint density at radius 2 is 1.82 bits per heavy atom. The fraction of sp³-hybridized carbons (Fsp3) is 1.00. The van der Waals surface area contributed by atoms with Crippen molar-refractivity contribution in [2.24, 2.45) is 5.92 Å². The molecule has 0 bridgehead atoms. The first-order valence-corrected chi connectivity index (χ1v) is 7.81. The third-order valence-corrected chi connectivity index (χ3v) is 5.08. The van der Waals surface area contributed by atoms with Crippen molar-refractivity contribution in [1.82, 2.24) is 9.80 Å². The molecule has 2 atom stereocenters. The largest absolute Gasteiger partial charge is 0.299 e. The molecular weight excluding hydrogens is 208 g/mol. The second-order valence-corrected chi connectivity index (χ2v) is 6.56. The molecule has 2 heterocycles. The number of hydrogen-bond donors (Lipinski definition) is 0. The average molecular weight is 236 g/mol. The number of fused-ring (bicyclic) bond motifs is 1. The van der Waals surface area contributed by atoms with Gasteiger partial charge in [0.15, 0.2) is 0 Å². The molecule has 0 N–H and O–H groups in total. The van der Waals surface area contributed by atoms with Gasteiger partial charge in [-0.3, -0.25) is 9.80 Å². The molecular formula is C15H28N2. The topological polar surface area (TPSA) is 6.48 Å². The Kier molecular flexibility index (Phi) is 3.72. The molecule has 0 aromatic rings. The van der Waals surface area contributed by atoms with E-state index in [4.69, 9.17) is 0 Å². The molecule has 3 rings (SSSR count). The highest BCUT2D eigenvalue weighted by molar-refractivity contribution is 4.87. The zero-order valence-corrected chi connectivity index (χ0v) is 11.4. The molecule has 1 aliphatic carbocycles. The maximum atomic E-state index is 2.80. The van der Waals surface area contributed by atoms with Gasteiger partial charge in [-0.2, -0.15) is 0 Å². The highest BCUT2D eigenvalue weighted by Gasteiger charge is 2.31.